The van der Waals surface area contributed by atoms with Crippen molar-refractivity contribution in [1.29, 1.82) is 0 Å². The molecule has 3 N–H and O–H groups in total. The Labute approximate surface area is 371 Å². The molecule has 0 aliphatic heterocycles. The second-order valence-electron chi connectivity index (χ2n) is 21.1. The van der Waals surface area contributed by atoms with Gasteiger partial charge in [0.2, 0.25) is 0 Å². The number of rotatable bonds is 32. The largest absolute Gasteiger partial charge is 0.464 e. The highest BCUT2D eigenvalue weighted by molar-refractivity contribution is 5.78. The van der Waals surface area contributed by atoms with Crippen LogP contribution in [-0.2, 0) is 28.6 Å². The van der Waals surface area contributed by atoms with Gasteiger partial charge >= 0.3 is 17.9 Å². The van der Waals surface area contributed by atoms with Gasteiger partial charge in [-0.1, -0.05) is 159 Å². The maximum Gasteiger partial charge on any atom is 0.337 e. The van der Waals surface area contributed by atoms with Gasteiger partial charge in [-0.05, 0) is 116 Å². The molecule has 0 aromatic carbocycles. The first-order valence-corrected chi connectivity index (χ1v) is 24.3. The van der Waals surface area contributed by atoms with E-state index in [2.05, 4.69) is 62.3 Å². The third kappa shape index (κ3) is 44.3. The molecule has 0 bridgehead atoms. The van der Waals surface area contributed by atoms with Gasteiger partial charge < -0.3 is 29.5 Å². The lowest BCUT2D eigenvalue weighted by Gasteiger charge is -2.20. The predicted molar refractivity (Wildman–Crippen MR) is 251 cm³/mol. The van der Waals surface area contributed by atoms with E-state index in [0.29, 0.717) is 19.1 Å². The van der Waals surface area contributed by atoms with Crippen LogP contribution in [0.1, 0.15) is 239 Å². The molecule has 0 saturated carbocycles. The average Bonchev–Trinajstić information content (AvgIpc) is 3.09. The van der Waals surface area contributed by atoms with Crippen molar-refractivity contribution in [3.8, 4) is 0 Å². The zero-order valence-electron chi connectivity index (χ0n) is 42.4. The molecule has 0 saturated heterocycles. The molecule has 0 spiro atoms. The van der Waals surface area contributed by atoms with Gasteiger partial charge in [0.25, 0.3) is 0 Å². The highest BCUT2D eigenvalue weighted by atomic mass is 16.6. The first-order valence-electron chi connectivity index (χ1n) is 24.3. The predicted octanol–water partition coefficient (Wildman–Crippen LogP) is 13.0. The van der Waals surface area contributed by atoms with Crippen LogP contribution in [0.2, 0.25) is 0 Å². The van der Waals surface area contributed by atoms with Gasteiger partial charge in [0.15, 0.2) is 16.8 Å². The maximum absolute atomic E-state index is 11.5. The summed E-state index contributed by atoms with van der Waals surface area (Å²) in [4.78, 5) is 34.2. The van der Waals surface area contributed by atoms with Crippen LogP contribution in [-0.4, -0.2) is 69.3 Å². The van der Waals surface area contributed by atoms with E-state index < -0.39 is 34.7 Å². The van der Waals surface area contributed by atoms with E-state index in [9.17, 15) is 29.7 Å². The van der Waals surface area contributed by atoms with Crippen LogP contribution in [0.25, 0.3) is 0 Å². The van der Waals surface area contributed by atoms with Crippen molar-refractivity contribution in [3.05, 3.63) is 0 Å². The second kappa shape index (κ2) is 35.7. The van der Waals surface area contributed by atoms with Crippen molar-refractivity contribution in [2.24, 2.45) is 35.5 Å². The number of carbonyl (C=O) groups is 3. The molecule has 0 aromatic heterocycles. The zero-order valence-corrected chi connectivity index (χ0v) is 42.4. The van der Waals surface area contributed by atoms with Crippen molar-refractivity contribution < 1.29 is 43.9 Å². The molecule has 9 nitrogen and oxygen atoms in total. The van der Waals surface area contributed by atoms with Crippen molar-refractivity contribution >= 4 is 17.9 Å². The summed E-state index contributed by atoms with van der Waals surface area (Å²) in [5.41, 5.74) is -4.14. The third-order valence-corrected chi connectivity index (χ3v) is 10.6. The molecule has 360 valence electrons. The minimum atomic E-state index is -1.39. The third-order valence-electron chi connectivity index (χ3n) is 10.6. The Balaban J connectivity index is -0.000000812. The molecule has 0 aliphatic carbocycles. The van der Waals surface area contributed by atoms with Crippen LogP contribution in [0.4, 0.5) is 0 Å². The molecule has 0 radical (unpaired) electrons. The van der Waals surface area contributed by atoms with E-state index in [4.69, 9.17) is 14.2 Å². The molecule has 4 atom stereocenters. The molecule has 0 aliphatic rings. The van der Waals surface area contributed by atoms with Crippen LogP contribution in [0.3, 0.4) is 0 Å². The number of esters is 3. The SMILES string of the molecule is CC(C)CC(C)CCCC(C)CCOC(=O)C(C)(C)O.CC(C)CCCC(C)CCCC(C)OC(=O)C(C)(C)O.CC(C)CCCCCCCCCCOC(=O)C(C)(C)O. The minimum Gasteiger partial charge on any atom is -0.464 e. The van der Waals surface area contributed by atoms with Gasteiger partial charge in [0.1, 0.15) is 0 Å². The molecule has 60 heavy (non-hydrogen) atoms. The van der Waals surface area contributed by atoms with Gasteiger partial charge in [-0.25, -0.2) is 14.4 Å². The molecular formula is C51H102O9. The molecular weight excluding hydrogens is 757 g/mol. The molecule has 0 rings (SSSR count). The number of hydrogen-bond acceptors (Lipinski definition) is 9. The van der Waals surface area contributed by atoms with E-state index in [1.165, 1.54) is 138 Å². The topological polar surface area (TPSA) is 140 Å². The Morgan fingerprint density at radius 2 is 0.733 bits per heavy atom. The van der Waals surface area contributed by atoms with Crippen LogP contribution in [0, 0.1) is 35.5 Å². The summed E-state index contributed by atoms with van der Waals surface area (Å²) in [5, 5.41) is 28.4. The first kappa shape index (κ1) is 62.6. The van der Waals surface area contributed by atoms with Crippen molar-refractivity contribution in [1.82, 2.24) is 0 Å². The molecule has 0 amide bonds. The highest BCUT2D eigenvalue weighted by Crippen LogP contribution is 2.22. The van der Waals surface area contributed by atoms with Gasteiger partial charge in [-0.15, -0.1) is 0 Å². The Kier molecular flexibility index (Phi) is 37.3. The van der Waals surface area contributed by atoms with Crippen LogP contribution < -0.4 is 0 Å². The van der Waals surface area contributed by atoms with E-state index >= 15 is 0 Å². The van der Waals surface area contributed by atoms with Crippen LogP contribution >= 0.6 is 0 Å². The smallest absolute Gasteiger partial charge is 0.337 e. The first-order chi connectivity index (χ1) is 27.6. The Morgan fingerprint density at radius 3 is 1.17 bits per heavy atom. The average molecular weight is 859 g/mol. The summed E-state index contributed by atoms with van der Waals surface area (Å²) >= 11 is 0. The Hall–Kier alpha value is -1.71. The normalized spacial score (nSPS) is 14.1. The van der Waals surface area contributed by atoms with Crippen LogP contribution in [0.5, 0.6) is 0 Å². The minimum absolute atomic E-state index is 0.114. The van der Waals surface area contributed by atoms with Gasteiger partial charge in [-0.3, -0.25) is 0 Å². The van der Waals surface area contributed by atoms with E-state index in [1.807, 2.05) is 6.92 Å². The fourth-order valence-electron chi connectivity index (χ4n) is 6.63. The molecule has 9 heteroatoms. The summed E-state index contributed by atoms with van der Waals surface area (Å²) in [6, 6.07) is 0. The quantitative estimate of drug-likeness (QED) is 0.0343. The summed E-state index contributed by atoms with van der Waals surface area (Å²) < 4.78 is 15.3. The second-order valence-corrected chi connectivity index (χ2v) is 21.1. The maximum atomic E-state index is 11.5. The summed E-state index contributed by atoms with van der Waals surface area (Å²) in [7, 11) is 0. The van der Waals surface area contributed by atoms with E-state index in [0.717, 1.165) is 61.7 Å². The van der Waals surface area contributed by atoms with Gasteiger partial charge in [-0.2, -0.15) is 0 Å². The monoisotopic (exact) mass is 859 g/mol. The molecule has 0 aromatic rings. The van der Waals surface area contributed by atoms with Gasteiger partial charge in [0.05, 0.1) is 19.3 Å². The summed E-state index contributed by atoms with van der Waals surface area (Å²) in [5.74, 6) is 2.93. The fourth-order valence-corrected chi connectivity index (χ4v) is 6.63. The number of unbranched alkanes of at least 4 members (excludes halogenated alkanes) is 7. The van der Waals surface area contributed by atoms with E-state index in [1.54, 1.807) is 0 Å². The highest BCUT2D eigenvalue weighted by Gasteiger charge is 2.28. The van der Waals surface area contributed by atoms with Gasteiger partial charge in [0, 0.05) is 0 Å². The molecule has 0 fully saturated rings. The number of ether oxygens (including phenoxy) is 3. The van der Waals surface area contributed by atoms with Crippen molar-refractivity contribution in [2.75, 3.05) is 13.2 Å². The Bertz CT molecular complexity index is 1030. The lowest BCUT2D eigenvalue weighted by molar-refractivity contribution is -0.167. The number of carbonyl (C=O) groups excluding carboxylic acids is 3. The van der Waals surface area contributed by atoms with Crippen molar-refractivity contribution in [2.45, 2.75) is 262 Å². The standard InChI is InChI=1S/3C17H34O3/c1-13(2)9-7-10-14(3)11-8-12-15(4)20-16(18)17(5,6)19;1-13(2)12-15(4)9-7-8-14(3)10-11-20-16(18)17(5,6)19;1-15(2)13-11-9-7-5-6-8-10-12-14-20-16(18)17(3,4)19/h2*13-15,19H,7-12H2,1-6H3;15,19H,5-14H2,1-4H3. The van der Waals surface area contributed by atoms with Crippen LogP contribution in [0.15, 0.2) is 0 Å². The zero-order chi connectivity index (χ0) is 47.0. The summed E-state index contributed by atoms with van der Waals surface area (Å²) in [6.07, 6.45) is 24.0. The molecule has 4 unspecified atom stereocenters. The lowest BCUT2D eigenvalue weighted by Crippen LogP contribution is -2.35. The summed E-state index contributed by atoms with van der Waals surface area (Å²) in [6.45, 7) is 31.9. The van der Waals surface area contributed by atoms with Crippen molar-refractivity contribution in [3.63, 3.8) is 0 Å². The number of aliphatic hydroxyl groups is 3. The Morgan fingerprint density at radius 1 is 0.383 bits per heavy atom. The fraction of sp³-hybridized carbons (Fsp3) is 0.941. The number of hydrogen-bond donors (Lipinski definition) is 3. The molecule has 0 heterocycles. The lowest BCUT2D eigenvalue weighted by atomic mass is 9.91. The van der Waals surface area contributed by atoms with E-state index in [-0.39, 0.29) is 6.10 Å².